The van der Waals surface area contributed by atoms with Crippen LogP contribution in [0.4, 0.5) is 0 Å². The summed E-state index contributed by atoms with van der Waals surface area (Å²) >= 11 is 0. The second-order valence-electron chi connectivity index (χ2n) is 1.71. The zero-order valence-electron chi connectivity index (χ0n) is 5.67. The molecule has 48 valence electrons. The van der Waals surface area contributed by atoms with E-state index in [1.807, 2.05) is 18.2 Å². The van der Waals surface area contributed by atoms with Gasteiger partial charge in [-0.15, -0.1) is 0 Å². The first-order chi connectivity index (χ1) is 4.41. The molecule has 0 radical (unpaired) electrons. The molecule has 0 aromatic heterocycles. The van der Waals surface area contributed by atoms with E-state index >= 15 is 0 Å². The van der Waals surface area contributed by atoms with E-state index in [0.717, 1.165) is 12.8 Å². The van der Waals surface area contributed by atoms with Crippen molar-refractivity contribution in [3.63, 3.8) is 0 Å². The van der Waals surface area contributed by atoms with Gasteiger partial charge in [-0.1, -0.05) is 31.6 Å². The first kappa shape index (κ1) is 7.97. The summed E-state index contributed by atoms with van der Waals surface area (Å²) in [7, 11) is 0. The summed E-state index contributed by atoms with van der Waals surface area (Å²) in [6.07, 6.45) is 9.41. The van der Waals surface area contributed by atoms with Crippen LogP contribution in [-0.2, 0) is 0 Å². The first-order valence-electron chi connectivity index (χ1n) is 3.13. The lowest BCUT2D eigenvalue weighted by Crippen LogP contribution is -1.58. The number of nitrogens with zero attached hydrogens (tertiary/aromatic N) is 1. The minimum atomic E-state index is 1.09. The predicted octanol–water partition coefficient (Wildman–Crippen LogP) is 2.42. The second-order valence-corrected chi connectivity index (χ2v) is 1.71. The molecule has 0 aliphatic rings. The minimum absolute atomic E-state index is 1.09. The van der Waals surface area contributed by atoms with Gasteiger partial charge in [-0.3, -0.25) is 0 Å². The van der Waals surface area contributed by atoms with E-state index in [1.165, 1.54) is 6.08 Å². The Kier molecular flexibility index (Phi) is 6.17. The summed E-state index contributed by atoms with van der Waals surface area (Å²) in [6, 6.07) is 1.91. The molecule has 0 N–H and O–H groups in total. The molecule has 0 saturated heterocycles. The Morgan fingerprint density at radius 2 is 2.22 bits per heavy atom. The quantitative estimate of drug-likeness (QED) is 0.415. The van der Waals surface area contributed by atoms with Crippen molar-refractivity contribution >= 4 is 0 Å². The van der Waals surface area contributed by atoms with E-state index in [1.54, 1.807) is 6.08 Å². The average molecular weight is 121 g/mol. The molecule has 0 unspecified atom stereocenters. The molecule has 9 heavy (non-hydrogen) atoms. The number of rotatable bonds is 3. The highest BCUT2D eigenvalue weighted by Gasteiger charge is 1.68. The highest BCUT2D eigenvalue weighted by molar-refractivity contribution is 5.11. The number of hydrogen-bond donors (Lipinski definition) is 0. The fourth-order valence-corrected chi connectivity index (χ4v) is 0.440. The lowest BCUT2D eigenvalue weighted by Gasteiger charge is -1.77. The van der Waals surface area contributed by atoms with Crippen molar-refractivity contribution in [2.24, 2.45) is 0 Å². The van der Waals surface area contributed by atoms with Crippen LogP contribution >= 0.6 is 0 Å². The first-order valence-corrected chi connectivity index (χ1v) is 3.13. The second kappa shape index (κ2) is 6.97. The number of allylic oxidation sites excluding steroid dienone is 4. The van der Waals surface area contributed by atoms with Gasteiger partial charge in [-0.25, -0.2) is 0 Å². The van der Waals surface area contributed by atoms with Crippen LogP contribution in [0.15, 0.2) is 24.3 Å². The van der Waals surface area contributed by atoms with Crippen LogP contribution < -0.4 is 0 Å². The number of unbranched alkanes of at least 4 members (excludes halogenated alkanes) is 1. The molecule has 0 rings (SSSR count). The Bertz CT molecular complexity index is 137. The van der Waals surface area contributed by atoms with E-state index in [4.69, 9.17) is 5.26 Å². The fourth-order valence-electron chi connectivity index (χ4n) is 0.440. The Morgan fingerprint density at radius 1 is 1.44 bits per heavy atom. The van der Waals surface area contributed by atoms with Gasteiger partial charge in [-0.2, -0.15) is 5.26 Å². The van der Waals surface area contributed by atoms with Crippen molar-refractivity contribution < 1.29 is 0 Å². The molecule has 0 saturated carbocycles. The summed E-state index contributed by atoms with van der Waals surface area (Å²) in [5, 5.41) is 8.05. The Balaban J connectivity index is 3.27. The predicted molar refractivity (Wildman–Crippen MR) is 38.8 cm³/mol. The van der Waals surface area contributed by atoms with E-state index in [0.29, 0.717) is 0 Å². The number of hydrogen-bond acceptors (Lipinski definition) is 1. The summed E-state index contributed by atoms with van der Waals surface area (Å²) in [5.74, 6) is 0. The Morgan fingerprint density at radius 3 is 2.78 bits per heavy atom. The van der Waals surface area contributed by atoms with Crippen molar-refractivity contribution in [1.82, 2.24) is 0 Å². The van der Waals surface area contributed by atoms with E-state index in [9.17, 15) is 0 Å². The molecule has 0 fully saturated rings. The fraction of sp³-hybridized carbons (Fsp3) is 0.375. The van der Waals surface area contributed by atoms with Crippen LogP contribution in [0.25, 0.3) is 0 Å². The Hall–Kier alpha value is -1.03. The van der Waals surface area contributed by atoms with Gasteiger partial charge in [-0.05, 0) is 6.42 Å². The highest BCUT2D eigenvalue weighted by Crippen LogP contribution is 1.87. The third-order valence-corrected chi connectivity index (χ3v) is 0.873. The van der Waals surface area contributed by atoms with Gasteiger partial charge >= 0.3 is 0 Å². The molecule has 1 heteroatoms. The van der Waals surface area contributed by atoms with Crippen molar-refractivity contribution in [3.05, 3.63) is 24.3 Å². The molecular weight excluding hydrogens is 110 g/mol. The third kappa shape index (κ3) is 6.97. The molecule has 0 spiro atoms. The lowest BCUT2D eigenvalue weighted by molar-refractivity contribution is 0.959. The standard InChI is InChI=1S/C8H11N/c1-2-3-4-5-6-7-8-9/h4-7H,2-3H2,1H3/b5-4+,7-6-. The maximum atomic E-state index is 8.05. The smallest absolute Gasteiger partial charge is 0.0912 e. The van der Waals surface area contributed by atoms with Gasteiger partial charge < -0.3 is 0 Å². The summed E-state index contributed by atoms with van der Waals surface area (Å²) in [4.78, 5) is 0. The molecule has 0 aromatic rings. The van der Waals surface area contributed by atoms with Gasteiger partial charge in [0.15, 0.2) is 0 Å². The molecule has 0 aromatic carbocycles. The minimum Gasteiger partial charge on any atom is -0.193 e. The van der Waals surface area contributed by atoms with Crippen molar-refractivity contribution in [1.29, 1.82) is 5.26 Å². The zero-order chi connectivity index (χ0) is 6.95. The van der Waals surface area contributed by atoms with Crippen LogP contribution in [-0.4, -0.2) is 0 Å². The van der Waals surface area contributed by atoms with Crippen molar-refractivity contribution in [2.75, 3.05) is 0 Å². The molecule has 0 aliphatic carbocycles. The van der Waals surface area contributed by atoms with E-state index in [-0.39, 0.29) is 0 Å². The summed E-state index contributed by atoms with van der Waals surface area (Å²) in [5.41, 5.74) is 0. The maximum absolute atomic E-state index is 8.05. The van der Waals surface area contributed by atoms with Gasteiger partial charge in [0, 0.05) is 6.08 Å². The molecule has 0 bridgehead atoms. The Labute approximate surface area is 56.3 Å². The lowest BCUT2D eigenvalue weighted by atomic mass is 10.3. The van der Waals surface area contributed by atoms with Crippen molar-refractivity contribution in [2.45, 2.75) is 19.8 Å². The summed E-state index contributed by atoms with van der Waals surface area (Å²) < 4.78 is 0. The molecule has 0 atom stereocenters. The largest absolute Gasteiger partial charge is 0.193 e. The molecule has 0 amide bonds. The average Bonchev–Trinajstić information content (AvgIpc) is 1.89. The monoisotopic (exact) mass is 121 g/mol. The zero-order valence-corrected chi connectivity index (χ0v) is 5.67. The van der Waals surface area contributed by atoms with Gasteiger partial charge in [0.05, 0.1) is 6.07 Å². The normalized spacial score (nSPS) is 10.7. The highest BCUT2D eigenvalue weighted by atomic mass is 14.2. The molecule has 0 aliphatic heterocycles. The summed E-state index contributed by atoms with van der Waals surface area (Å²) in [6.45, 7) is 2.12. The van der Waals surface area contributed by atoms with Crippen molar-refractivity contribution in [3.8, 4) is 6.07 Å². The van der Waals surface area contributed by atoms with Gasteiger partial charge in [0.25, 0.3) is 0 Å². The SMILES string of the molecule is CCC/C=C/C=C\C#N. The third-order valence-electron chi connectivity index (χ3n) is 0.873. The van der Waals surface area contributed by atoms with Crippen LogP contribution in [0.1, 0.15) is 19.8 Å². The maximum Gasteiger partial charge on any atom is 0.0912 e. The van der Waals surface area contributed by atoms with E-state index in [2.05, 4.69) is 6.92 Å². The van der Waals surface area contributed by atoms with Crippen LogP contribution in [0.5, 0.6) is 0 Å². The van der Waals surface area contributed by atoms with Gasteiger partial charge in [0.2, 0.25) is 0 Å². The molecule has 0 heterocycles. The van der Waals surface area contributed by atoms with Crippen LogP contribution in [0.3, 0.4) is 0 Å². The topological polar surface area (TPSA) is 23.8 Å². The van der Waals surface area contributed by atoms with Gasteiger partial charge in [0.1, 0.15) is 0 Å². The van der Waals surface area contributed by atoms with Crippen LogP contribution in [0.2, 0.25) is 0 Å². The van der Waals surface area contributed by atoms with E-state index < -0.39 is 0 Å². The molecule has 1 nitrogen and oxygen atoms in total. The number of nitriles is 1. The van der Waals surface area contributed by atoms with Crippen LogP contribution in [0, 0.1) is 11.3 Å². The molecular formula is C8H11N.